The fourth-order valence-corrected chi connectivity index (χ4v) is 3.77. The van der Waals surface area contributed by atoms with E-state index in [0.717, 1.165) is 31.2 Å². The Hall–Kier alpha value is -3.68. The van der Waals surface area contributed by atoms with Crippen LogP contribution in [0.15, 0.2) is 48.5 Å². The minimum atomic E-state index is -0.664. The summed E-state index contributed by atoms with van der Waals surface area (Å²) in [5.74, 6) is -2.32. The molecule has 1 fully saturated rings. The summed E-state index contributed by atoms with van der Waals surface area (Å²) in [5, 5.41) is 2.68. The van der Waals surface area contributed by atoms with Gasteiger partial charge >= 0.3 is 11.9 Å². The third-order valence-corrected chi connectivity index (χ3v) is 5.85. The molecule has 2 aromatic rings. The Balaban J connectivity index is 1.47. The second-order valence-electron chi connectivity index (χ2n) is 8.50. The molecule has 0 unspecified atom stereocenters. The maximum Gasteiger partial charge on any atom is 0.338 e. The molecule has 3 rings (SSSR count). The molecule has 0 radical (unpaired) electrons. The lowest BCUT2D eigenvalue weighted by Gasteiger charge is -2.17. The molecule has 8 heteroatoms. The van der Waals surface area contributed by atoms with Crippen LogP contribution >= 0.6 is 0 Å². The molecule has 1 heterocycles. The van der Waals surface area contributed by atoms with Crippen molar-refractivity contribution in [3.63, 3.8) is 0 Å². The molecule has 186 valence electrons. The third-order valence-electron chi connectivity index (χ3n) is 5.85. The van der Waals surface area contributed by atoms with Crippen molar-refractivity contribution in [2.45, 2.75) is 46.0 Å². The van der Waals surface area contributed by atoms with E-state index >= 15 is 0 Å². The van der Waals surface area contributed by atoms with Crippen LogP contribution in [0.2, 0.25) is 0 Å². The first-order valence-electron chi connectivity index (χ1n) is 12.0. The van der Waals surface area contributed by atoms with E-state index in [1.165, 1.54) is 4.90 Å². The highest BCUT2D eigenvalue weighted by atomic mass is 16.5. The normalized spacial score (nSPS) is 15.1. The highest BCUT2D eigenvalue weighted by Gasteiger charge is 2.36. The van der Waals surface area contributed by atoms with Gasteiger partial charge in [-0.1, -0.05) is 38.8 Å². The van der Waals surface area contributed by atoms with E-state index in [9.17, 15) is 19.2 Å². The second-order valence-corrected chi connectivity index (χ2v) is 8.50. The van der Waals surface area contributed by atoms with Crippen LogP contribution in [-0.4, -0.2) is 43.5 Å². The van der Waals surface area contributed by atoms with Gasteiger partial charge in [-0.15, -0.1) is 0 Å². The summed E-state index contributed by atoms with van der Waals surface area (Å²) in [6.45, 7) is 4.23. The number of benzene rings is 2. The van der Waals surface area contributed by atoms with Gasteiger partial charge in [0.25, 0.3) is 5.91 Å². The number of esters is 2. The number of aryl methyl sites for hydroxylation is 1. The first-order valence-corrected chi connectivity index (χ1v) is 12.0. The highest BCUT2D eigenvalue weighted by molar-refractivity contribution is 6.00. The maximum atomic E-state index is 12.5. The minimum absolute atomic E-state index is 0.000153. The number of hydrogen-bond donors (Lipinski definition) is 1. The van der Waals surface area contributed by atoms with Gasteiger partial charge in [-0.3, -0.25) is 14.4 Å². The number of ether oxygens (including phenoxy) is 2. The van der Waals surface area contributed by atoms with Crippen LogP contribution in [0.3, 0.4) is 0 Å². The third kappa shape index (κ3) is 7.40. The van der Waals surface area contributed by atoms with Gasteiger partial charge in [0.05, 0.1) is 18.1 Å². The predicted molar refractivity (Wildman–Crippen MR) is 132 cm³/mol. The SMILES string of the molecule is CCCCCOC(=O)c1ccc(N2C[C@H](C(=O)OCC(=O)Nc3ccc(CC)cc3)CC2=O)cc1. The molecule has 8 nitrogen and oxygen atoms in total. The van der Waals surface area contributed by atoms with Gasteiger partial charge in [-0.05, 0) is 54.8 Å². The Bertz CT molecular complexity index is 1030. The topological polar surface area (TPSA) is 102 Å². The highest BCUT2D eigenvalue weighted by Crippen LogP contribution is 2.26. The zero-order valence-corrected chi connectivity index (χ0v) is 20.2. The summed E-state index contributed by atoms with van der Waals surface area (Å²) < 4.78 is 10.4. The number of carbonyl (C=O) groups excluding carboxylic acids is 4. The molecule has 0 aromatic heterocycles. The summed E-state index contributed by atoms with van der Waals surface area (Å²) >= 11 is 0. The molecule has 2 amide bonds. The van der Waals surface area contributed by atoms with Crippen molar-refractivity contribution in [3.05, 3.63) is 59.7 Å². The van der Waals surface area contributed by atoms with Crippen LogP contribution in [0.4, 0.5) is 11.4 Å². The van der Waals surface area contributed by atoms with E-state index in [4.69, 9.17) is 9.47 Å². The van der Waals surface area contributed by atoms with Crippen LogP contribution in [0.5, 0.6) is 0 Å². The van der Waals surface area contributed by atoms with Crippen molar-refractivity contribution in [1.29, 1.82) is 0 Å². The van der Waals surface area contributed by atoms with Gasteiger partial charge in [-0.2, -0.15) is 0 Å². The summed E-state index contributed by atoms with van der Waals surface area (Å²) in [6, 6.07) is 14.0. The Kier molecular flexibility index (Phi) is 9.40. The average Bonchev–Trinajstić information content (AvgIpc) is 3.27. The number of carbonyl (C=O) groups is 4. The fraction of sp³-hybridized carbons (Fsp3) is 0.407. The van der Waals surface area contributed by atoms with Crippen LogP contribution in [0.25, 0.3) is 0 Å². The Morgan fingerprint density at radius 2 is 1.69 bits per heavy atom. The lowest BCUT2D eigenvalue weighted by atomic mass is 10.1. The molecule has 1 aliphatic heterocycles. The summed E-state index contributed by atoms with van der Waals surface area (Å²) in [7, 11) is 0. The lowest BCUT2D eigenvalue weighted by molar-refractivity contribution is -0.151. The Morgan fingerprint density at radius 1 is 0.971 bits per heavy atom. The van der Waals surface area contributed by atoms with E-state index in [1.807, 2.05) is 19.1 Å². The largest absolute Gasteiger partial charge is 0.462 e. The fourth-order valence-electron chi connectivity index (χ4n) is 3.77. The zero-order chi connectivity index (χ0) is 25.2. The maximum absolute atomic E-state index is 12.5. The number of anilines is 2. The predicted octanol–water partition coefficient (Wildman–Crippen LogP) is 4.13. The molecule has 1 atom stereocenters. The lowest BCUT2D eigenvalue weighted by Crippen LogP contribution is -2.28. The van der Waals surface area contributed by atoms with Crippen molar-refractivity contribution in [1.82, 2.24) is 0 Å². The molecule has 0 bridgehead atoms. The van der Waals surface area contributed by atoms with Gasteiger partial charge in [0.1, 0.15) is 0 Å². The first-order chi connectivity index (χ1) is 16.9. The van der Waals surface area contributed by atoms with Crippen LogP contribution < -0.4 is 10.2 Å². The average molecular weight is 481 g/mol. The van der Waals surface area contributed by atoms with Crippen molar-refractivity contribution >= 4 is 35.1 Å². The van der Waals surface area contributed by atoms with E-state index in [2.05, 4.69) is 12.2 Å². The number of hydrogen-bond acceptors (Lipinski definition) is 6. The van der Waals surface area contributed by atoms with Gasteiger partial charge in [0.2, 0.25) is 5.91 Å². The molecule has 0 saturated carbocycles. The summed E-state index contributed by atoms with van der Waals surface area (Å²) in [6.07, 6.45) is 3.78. The molecule has 1 N–H and O–H groups in total. The molecule has 2 aromatic carbocycles. The summed E-state index contributed by atoms with van der Waals surface area (Å²) in [5.41, 5.74) is 2.77. The van der Waals surface area contributed by atoms with Crippen LogP contribution in [-0.2, 0) is 30.3 Å². The van der Waals surface area contributed by atoms with Gasteiger partial charge in [-0.25, -0.2) is 4.79 Å². The molecular weight excluding hydrogens is 448 g/mol. The Morgan fingerprint density at radius 3 is 2.34 bits per heavy atom. The quantitative estimate of drug-likeness (QED) is 0.383. The minimum Gasteiger partial charge on any atom is -0.462 e. The van der Waals surface area contributed by atoms with Crippen LogP contribution in [0.1, 0.15) is 55.5 Å². The monoisotopic (exact) mass is 480 g/mol. The van der Waals surface area contributed by atoms with Crippen molar-refractivity contribution < 1.29 is 28.7 Å². The van der Waals surface area contributed by atoms with Gasteiger partial charge < -0.3 is 19.7 Å². The standard InChI is InChI=1S/C27H32N2O6/c1-3-5-6-15-34-26(32)20-9-13-23(14-10-20)29-17-21(16-25(29)31)27(33)35-18-24(30)28-22-11-7-19(4-2)8-12-22/h7-14,21H,3-6,15-18H2,1-2H3,(H,28,30)/t21-/m1/s1. The molecule has 0 aliphatic carbocycles. The van der Waals surface area contributed by atoms with E-state index in [0.29, 0.717) is 23.5 Å². The van der Waals surface area contributed by atoms with Crippen LogP contribution in [0, 0.1) is 5.92 Å². The van der Waals surface area contributed by atoms with Crippen molar-refractivity contribution in [2.24, 2.45) is 5.92 Å². The number of unbranched alkanes of at least 4 members (excludes halogenated alkanes) is 2. The Labute approximate surface area is 205 Å². The van der Waals surface area contributed by atoms with Gasteiger partial charge in [0.15, 0.2) is 6.61 Å². The van der Waals surface area contributed by atoms with E-state index in [-0.39, 0.29) is 18.9 Å². The van der Waals surface area contributed by atoms with E-state index in [1.54, 1.807) is 36.4 Å². The number of nitrogens with zero attached hydrogens (tertiary/aromatic N) is 1. The zero-order valence-electron chi connectivity index (χ0n) is 20.2. The molecular formula is C27H32N2O6. The number of nitrogens with one attached hydrogen (secondary N) is 1. The van der Waals surface area contributed by atoms with Crippen molar-refractivity contribution in [2.75, 3.05) is 30.0 Å². The first kappa shape index (κ1) is 25.9. The summed E-state index contributed by atoms with van der Waals surface area (Å²) in [4.78, 5) is 50.7. The van der Waals surface area contributed by atoms with Crippen molar-refractivity contribution in [3.8, 4) is 0 Å². The molecule has 1 aliphatic rings. The number of rotatable bonds is 11. The second kappa shape index (κ2) is 12.7. The van der Waals surface area contributed by atoms with E-state index < -0.39 is 30.4 Å². The molecule has 35 heavy (non-hydrogen) atoms. The van der Waals surface area contributed by atoms with Gasteiger partial charge in [0, 0.05) is 24.3 Å². The molecule has 1 saturated heterocycles. The molecule has 0 spiro atoms. The smallest absolute Gasteiger partial charge is 0.338 e. The number of amides is 2.